The van der Waals surface area contributed by atoms with Gasteiger partial charge in [0.05, 0.1) is 5.38 Å². The van der Waals surface area contributed by atoms with Gasteiger partial charge in [-0.2, -0.15) is 0 Å². The molecule has 0 radical (unpaired) electrons. The molecule has 1 aromatic carbocycles. The smallest absolute Gasteiger partial charge is 0.225 e. The van der Waals surface area contributed by atoms with Crippen LogP contribution in [0.1, 0.15) is 22.3 Å². The van der Waals surface area contributed by atoms with Gasteiger partial charge in [-0.25, -0.2) is 0 Å². The Labute approximate surface area is 98.0 Å². The van der Waals surface area contributed by atoms with E-state index >= 15 is 0 Å². The number of carbonyl (C=O) groups is 2. The first-order chi connectivity index (χ1) is 7.68. The largest absolute Gasteiger partial charge is 0.326 e. The molecule has 2 unspecified atom stereocenters. The molecule has 1 amide bonds. The molecule has 82 valence electrons. The molecule has 2 aliphatic rings. The van der Waals surface area contributed by atoms with E-state index in [0.717, 1.165) is 5.56 Å². The van der Waals surface area contributed by atoms with Crippen molar-refractivity contribution in [3.05, 3.63) is 35.4 Å². The average Bonchev–Trinajstić information content (AvgIpc) is 2.55. The van der Waals surface area contributed by atoms with Gasteiger partial charge in [0.15, 0.2) is 5.78 Å². The molecule has 3 rings (SSSR count). The first-order valence-corrected chi connectivity index (χ1v) is 5.68. The number of benzene rings is 1. The highest BCUT2D eigenvalue weighted by atomic mass is 35.5. The van der Waals surface area contributed by atoms with Crippen molar-refractivity contribution in [3.8, 4) is 0 Å². The van der Waals surface area contributed by atoms with Crippen molar-refractivity contribution in [2.45, 2.75) is 24.4 Å². The molecular formula is C12H10ClNO2. The van der Waals surface area contributed by atoms with Gasteiger partial charge in [-0.1, -0.05) is 24.3 Å². The van der Waals surface area contributed by atoms with Gasteiger partial charge < -0.3 is 4.90 Å². The second-order valence-electron chi connectivity index (χ2n) is 4.21. The Bertz CT molecular complexity index is 486. The summed E-state index contributed by atoms with van der Waals surface area (Å²) in [5.41, 5.74) is 1.63. The molecule has 0 spiro atoms. The SMILES string of the molecule is O=C1c2ccccc2CN2C(=O)CC(Cl)C12. The number of hydrogen-bond donors (Lipinski definition) is 0. The second kappa shape index (κ2) is 3.32. The van der Waals surface area contributed by atoms with Crippen LogP contribution in [0.5, 0.6) is 0 Å². The lowest BCUT2D eigenvalue weighted by Gasteiger charge is -2.31. The summed E-state index contributed by atoms with van der Waals surface area (Å²) in [7, 11) is 0. The monoisotopic (exact) mass is 235 g/mol. The van der Waals surface area contributed by atoms with Crippen LogP contribution in [-0.4, -0.2) is 28.0 Å². The highest BCUT2D eigenvalue weighted by Crippen LogP contribution is 2.33. The highest BCUT2D eigenvalue weighted by Gasteiger charge is 2.46. The molecule has 0 bridgehead atoms. The normalized spacial score (nSPS) is 27.9. The molecule has 0 aromatic heterocycles. The van der Waals surface area contributed by atoms with Crippen LogP contribution in [-0.2, 0) is 11.3 Å². The van der Waals surface area contributed by atoms with Crippen molar-refractivity contribution >= 4 is 23.3 Å². The van der Waals surface area contributed by atoms with Crippen LogP contribution in [0.25, 0.3) is 0 Å². The average molecular weight is 236 g/mol. The lowest BCUT2D eigenvalue weighted by Crippen LogP contribution is -2.45. The van der Waals surface area contributed by atoms with Gasteiger partial charge in [0.1, 0.15) is 6.04 Å². The molecule has 0 N–H and O–H groups in total. The van der Waals surface area contributed by atoms with Crippen molar-refractivity contribution in [2.75, 3.05) is 0 Å². The molecule has 1 aromatic rings. The number of rotatable bonds is 0. The van der Waals surface area contributed by atoms with E-state index in [9.17, 15) is 9.59 Å². The first kappa shape index (κ1) is 9.85. The second-order valence-corrected chi connectivity index (χ2v) is 4.77. The molecule has 1 fully saturated rings. The maximum atomic E-state index is 12.2. The molecule has 1 saturated heterocycles. The van der Waals surface area contributed by atoms with Crippen LogP contribution in [0.2, 0.25) is 0 Å². The topological polar surface area (TPSA) is 37.4 Å². The van der Waals surface area contributed by atoms with Crippen LogP contribution < -0.4 is 0 Å². The number of amides is 1. The van der Waals surface area contributed by atoms with Gasteiger partial charge in [-0.15, -0.1) is 11.6 Å². The Kier molecular flexibility index (Phi) is 2.04. The number of halogens is 1. The number of ketones is 1. The van der Waals surface area contributed by atoms with Crippen molar-refractivity contribution in [1.82, 2.24) is 4.90 Å². The minimum Gasteiger partial charge on any atom is -0.326 e. The summed E-state index contributed by atoms with van der Waals surface area (Å²) in [6.07, 6.45) is 0.270. The fraction of sp³-hybridized carbons (Fsp3) is 0.333. The minimum atomic E-state index is -0.455. The van der Waals surface area contributed by atoms with E-state index in [4.69, 9.17) is 11.6 Å². The summed E-state index contributed by atoms with van der Waals surface area (Å²) in [5, 5.41) is -0.381. The molecular weight excluding hydrogens is 226 g/mol. The summed E-state index contributed by atoms with van der Waals surface area (Å²) < 4.78 is 0. The Morgan fingerprint density at radius 1 is 1.25 bits per heavy atom. The van der Waals surface area contributed by atoms with Gasteiger partial charge in [0, 0.05) is 18.5 Å². The molecule has 2 aliphatic heterocycles. The number of carbonyl (C=O) groups excluding carboxylic acids is 2. The lowest BCUT2D eigenvalue weighted by molar-refractivity contribution is -0.129. The number of hydrogen-bond acceptors (Lipinski definition) is 2. The van der Waals surface area contributed by atoms with E-state index in [1.807, 2.05) is 18.2 Å². The predicted octanol–water partition coefficient (Wildman–Crippen LogP) is 1.59. The van der Waals surface area contributed by atoms with Crippen LogP contribution in [0, 0.1) is 0 Å². The Morgan fingerprint density at radius 2 is 2.00 bits per heavy atom. The maximum Gasteiger partial charge on any atom is 0.225 e. The van der Waals surface area contributed by atoms with Crippen molar-refractivity contribution in [2.24, 2.45) is 0 Å². The summed E-state index contributed by atoms with van der Waals surface area (Å²) in [5.74, 6) is -0.0412. The van der Waals surface area contributed by atoms with E-state index < -0.39 is 6.04 Å². The molecule has 2 heterocycles. The molecule has 0 saturated carbocycles. The Morgan fingerprint density at radius 3 is 2.81 bits per heavy atom. The van der Waals surface area contributed by atoms with Gasteiger partial charge in [-0.3, -0.25) is 9.59 Å². The van der Waals surface area contributed by atoms with E-state index in [-0.39, 0.29) is 23.5 Å². The van der Waals surface area contributed by atoms with Crippen LogP contribution in [0.3, 0.4) is 0 Å². The zero-order chi connectivity index (χ0) is 11.3. The summed E-state index contributed by atoms with van der Waals surface area (Å²) in [6, 6.07) is 6.96. The molecule has 4 heteroatoms. The van der Waals surface area contributed by atoms with Gasteiger partial charge >= 0.3 is 0 Å². The zero-order valence-corrected chi connectivity index (χ0v) is 9.28. The third kappa shape index (κ3) is 1.21. The summed E-state index contributed by atoms with van der Waals surface area (Å²) >= 11 is 6.06. The fourth-order valence-electron chi connectivity index (χ4n) is 2.48. The summed E-state index contributed by atoms with van der Waals surface area (Å²) in [4.78, 5) is 25.4. The van der Waals surface area contributed by atoms with Crippen molar-refractivity contribution < 1.29 is 9.59 Å². The number of nitrogens with zero attached hydrogens (tertiary/aromatic N) is 1. The van der Waals surface area contributed by atoms with Crippen LogP contribution >= 0.6 is 11.6 Å². The predicted molar refractivity (Wildman–Crippen MR) is 59.4 cm³/mol. The minimum absolute atomic E-state index is 0.0205. The van der Waals surface area contributed by atoms with E-state index in [2.05, 4.69) is 0 Å². The van der Waals surface area contributed by atoms with E-state index in [1.165, 1.54) is 0 Å². The van der Waals surface area contributed by atoms with Gasteiger partial charge in [0.25, 0.3) is 0 Å². The number of Topliss-reactive ketones (excluding diaryl/α,β-unsaturated/α-hetero) is 1. The fourth-order valence-corrected chi connectivity index (χ4v) is 2.86. The third-order valence-corrected chi connectivity index (χ3v) is 3.65. The van der Waals surface area contributed by atoms with E-state index in [1.54, 1.807) is 11.0 Å². The zero-order valence-electron chi connectivity index (χ0n) is 8.52. The molecule has 0 aliphatic carbocycles. The first-order valence-electron chi connectivity index (χ1n) is 5.24. The van der Waals surface area contributed by atoms with E-state index in [0.29, 0.717) is 12.1 Å². The van der Waals surface area contributed by atoms with Crippen molar-refractivity contribution in [3.63, 3.8) is 0 Å². The molecule has 2 atom stereocenters. The van der Waals surface area contributed by atoms with Gasteiger partial charge in [0.2, 0.25) is 5.91 Å². The van der Waals surface area contributed by atoms with Crippen LogP contribution in [0.15, 0.2) is 24.3 Å². The summed E-state index contributed by atoms with van der Waals surface area (Å²) in [6.45, 7) is 0.509. The van der Waals surface area contributed by atoms with Crippen LogP contribution in [0.4, 0.5) is 0 Å². The highest BCUT2D eigenvalue weighted by molar-refractivity contribution is 6.26. The van der Waals surface area contributed by atoms with Crippen molar-refractivity contribution in [1.29, 1.82) is 0 Å². The van der Waals surface area contributed by atoms with Gasteiger partial charge in [-0.05, 0) is 5.56 Å². The molecule has 16 heavy (non-hydrogen) atoms. The Hall–Kier alpha value is -1.35. The molecule has 3 nitrogen and oxygen atoms in total. The number of fused-ring (bicyclic) bond motifs is 2. The standard InChI is InChI=1S/C12H10ClNO2/c13-9-5-10(15)14-6-7-3-1-2-4-8(7)12(16)11(9)14/h1-4,9,11H,5-6H2. The third-order valence-electron chi connectivity index (χ3n) is 3.26. The maximum absolute atomic E-state index is 12.2. The quantitative estimate of drug-likeness (QED) is 0.641. The Balaban J connectivity index is 2.10. The number of alkyl halides is 1. The lowest BCUT2D eigenvalue weighted by atomic mass is 9.93.